The maximum atomic E-state index is 9.51. The molecule has 0 unspecified atom stereocenters. The molecule has 0 saturated carbocycles. The summed E-state index contributed by atoms with van der Waals surface area (Å²) in [7, 11) is 1.65. The first kappa shape index (κ1) is 13.8. The van der Waals surface area contributed by atoms with Gasteiger partial charge in [0.1, 0.15) is 11.5 Å². The highest BCUT2D eigenvalue weighted by atomic mass is 16.3. The lowest BCUT2D eigenvalue weighted by Crippen LogP contribution is -2.35. The molecule has 6 nitrogen and oxygen atoms in total. The van der Waals surface area contributed by atoms with Crippen LogP contribution in [0.2, 0.25) is 0 Å². The van der Waals surface area contributed by atoms with E-state index in [1.54, 1.807) is 11.7 Å². The highest BCUT2D eigenvalue weighted by Crippen LogP contribution is 2.16. The minimum absolute atomic E-state index is 0.154. The van der Waals surface area contributed by atoms with E-state index in [9.17, 15) is 5.11 Å². The lowest BCUT2D eigenvalue weighted by molar-refractivity contribution is 0.0782. The molecule has 0 bridgehead atoms. The third-order valence-corrected chi connectivity index (χ3v) is 3.52. The highest BCUT2D eigenvalue weighted by Gasteiger charge is 2.19. The monoisotopic (exact) mass is 263 g/mol. The molecule has 1 aromatic heterocycles. The first-order chi connectivity index (χ1) is 9.15. The van der Waals surface area contributed by atoms with Crippen LogP contribution in [0.25, 0.3) is 0 Å². The fourth-order valence-corrected chi connectivity index (χ4v) is 2.37. The molecular weight excluding hydrogens is 242 g/mol. The van der Waals surface area contributed by atoms with Gasteiger partial charge in [0, 0.05) is 33.4 Å². The molecule has 1 fully saturated rings. The number of aliphatic imine (C=N–C) groups is 1. The molecule has 1 aliphatic rings. The molecule has 2 rings (SSSR count). The Bertz CT molecular complexity index is 471. The van der Waals surface area contributed by atoms with E-state index >= 15 is 0 Å². The van der Waals surface area contributed by atoms with Gasteiger partial charge in [0.2, 0.25) is 0 Å². The summed E-state index contributed by atoms with van der Waals surface area (Å²) in [5.41, 5.74) is 7.63. The Morgan fingerprint density at radius 2 is 2.16 bits per heavy atom. The van der Waals surface area contributed by atoms with Crippen LogP contribution >= 0.6 is 0 Å². The van der Waals surface area contributed by atoms with Crippen molar-refractivity contribution in [3.05, 3.63) is 23.5 Å². The summed E-state index contributed by atoms with van der Waals surface area (Å²) >= 11 is 0. The molecule has 0 aliphatic carbocycles. The van der Waals surface area contributed by atoms with E-state index in [0.717, 1.165) is 43.9 Å². The Morgan fingerprint density at radius 3 is 2.74 bits per heavy atom. The van der Waals surface area contributed by atoms with Gasteiger partial charge in [-0.1, -0.05) is 0 Å². The first-order valence-corrected chi connectivity index (χ1v) is 6.46. The number of aliphatic hydroxyl groups is 1. The van der Waals surface area contributed by atoms with Gasteiger partial charge in [-0.25, -0.2) is 4.68 Å². The molecule has 3 N–H and O–H groups in total. The summed E-state index contributed by atoms with van der Waals surface area (Å²) in [6.45, 7) is 6.17. The molecular formula is C13H21N5O. The topological polar surface area (TPSA) is 79.1 Å². The van der Waals surface area contributed by atoms with Gasteiger partial charge < -0.3 is 10.8 Å². The molecule has 2 heterocycles. The number of likely N-dealkylation sites (tertiary alicyclic amines) is 1. The van der Waals surface area contributed by atoms with Crippen molar-refractivity contribution >= 4 is 12.6 Å². The molecule has 1 aliphatic heterocycles. The Morgan fingerprint density at radius 1 is 1.47 bits per heavy atom. The maximum absolute atomic E-state index is 9.51. The van der Waals surface area contributed by atoms with Crippen LogP contribution < -0.4 is 5.73 Å². The van der Waals surface area contributed by atoms with E-state index in [0.29, 0.717) is 5.84 Å². The van der Waals surface area contributed by atoms with Crippen molar-refractivity contribution in [3.63, 3.8) is 0 Å². The van der Waals surface area contributed by atoms with Crippen LogP contribution in [0.15, 0.2) is 22.2 Å². The van der Waals surface area contributed by atoms with Gasteiger partial charge in [0.05, 0.1) is 11.8 Å². The summed E-state index contributed by atoms with van der Waals surface area (Å²) in [6.07, 6.45) is 1.50. The zero-order valence-electron chi connectivity index (χ0n) is 11.3. The highest BCUT2D eigenvalue weighted by molar-refractivity contribution is 5.96. The largest absolute Gasteiger partial charge is 0.393 e. The molecule has 0 atom stereocenters. The second kappa shape index (κ2) is 5.99. The van der Waals surface area contributed by atoms with Gasteiger partial charge in [-0.05, 0) is 25.0 Å². The Hall–Kier alpha value is -1.66. The predicted octanol–water partition coefficient (Wildman–Crippen LogP) is 0.244. The number of nitrogens with two attached hydrogens (primary N) is 1. The van der Waals surface area contributed by atoms with Crippen LogP contribution in [0.3, 0.4) is 0 Å². The first-order valence-electron chi connectivity index (χ1n) is 6.46. The number of piperidine rings is 1. The van der Waals surface area contributed by atoms with Gasteiger partial charge >= 0.3 is 0 Å². The van der Waals surface area contributed by atoms with Crippen LogP contribution in [0.1, 0.15) is 24.2 Å². The number of hydrogen-bond donors (Lipinski definition) is 2. The van der Waals surface area contributed by atoms with Crippen molar-refractivity contribution in [2.45, 2.75) is 25.5 Å². The number of nitrogens with zero attached hydrogens (tertiary/aromatic N) is 4. The fourth-order valence-electron chi connectivity index (χ4n) is 2.37. The van der Waals surface area contributed by atoms with E-state index < -0.39 is 0 Å². The van der Waals surface area contributed by atoms with Crippen molar-refractivity contribution in [2.24, 2.45) is 15.8 Å². The molecule has 104 valence electrons. The van der Waals surface area contributed by atoms with Crippen LogP contribution in [0, 0.1) is 0 Å². The second-order valence-corrected chi connectivity index (χ2v) is 4.78. The van der Waals surface area contributed by atoms with Crippen molar-refractivity contribution in [3.8, 4) is 0 Å². The fraction of sp³-hybridized carbons (Fsp3) is 0.538. The molecule has 6 heteroatoms. The normalized spacial score (nSPS) is 18.7. The molecule has 0 aromatic carbocycles. The van der Waals surface area contributed by atoms with Gasteiger partial charge in [0.15, 0.2) is 0 Å². The molecule has 19 heavy (non-hydrogen) atoms. The van der Waals surface area contributed by atoms with Crippen molar-refractivity contribution in [1.29, 1.82) is 0 Å². The molecule has 0 radical (unpaired) electrons. The quantitative estimate of drug-likeness (QED) is 0.603. The number of aliphatic hydroxyl groups excluding tert-OH is 1. The van der Waals surface area contributed by atoms with Gasteiger partial charge in [-0.2, -0.15) is 5.10 Å². The zero-order valence-corrected chi connectivity index (χ0v) is 11.3. The van der Waals surface area contributed by atoms with Crippen molar-refractivity contribution in [1.82, 2.24) is 9.58 Å². The van der Waals surface area contributed by atoms with E-state index in [1.807, 2.05) is 12.1 Å². The molecule has 1 saturated heterocycles. The number of amidine groups is 1. The Labute approximate surface area is 113 Å². The molecule has 1 aromatic rings. The molecule has 0 amide bonds. The van der Waals surface area contributed by atoms with Crippen LogP contribution in [0.5, 0.6) is 0 Å². The van der Waals surface area contributed by atoms with Crippen LogP contribution in [-0.2, 0) is 6.54 Å². The Balaban J connectivity index is 2.12. The average molecular weight is 263 g/mol. The SMILES string of the molecule is C=Nn1c(CN2CCC(O)CC2)ccc1C(N)=NC. The zero-order chi connectivity index (χ0) is 13.8. The number of aromatic nitrogens is 1. The van der Waals surface area contributed by atoms with Crippen LogP contribution in [-0.4, -0.2) is 53.5 Å². The summed E-state index contributed by atoms with van der Waals surface area (Å²) in [6, 6.07) is 3.90. The summed E-state index contributed by atoms with van der Waals surface area (Å²) in [5, 5.41) is 13.5. The molecule has 0 spiro atoms. The van der Waals surface area contributed by atoms with Crippen molar-refractivity contribution < 1.29 is 5.11 Å². The van der Waals surface area contributed by atoms with Gasteiger partial charge in [0.25, 0.3) is 0 Å². The maximum Gasteiger partial charge on any atom is 0.144 e. The third kappa shape index (κ3) is 3.02. The van der Waals surface area contributed by atoms with E-state index in [2.05, 4.69) is 21.7 Å². The van der Waals surface area contributed by atoms with Gasteiger partial charge in [-0.3, -0.25) is 9.89 Å². The minimum atomic E-state index is -0.154. The number of hydrogen-bond acceptors (Lipinski definition) is 4. The lowest BCUT2D eigenvalue weighted by atomic mass is 10.1. The van der Waals surface area contributed by atoms with Crippen molar-refractivity contribution in [2.75, 3.05) is 20.1 Å². The third-order valence-electron chi connectivity index (χ3n) is 3.52. The predicted molar refractivity (Wildman–Crippen MR) is 76.5 cm³/mol. The van der Waals surface area contributed by atoms with E-state index in [-0.39, 0.29) is 6.10 Å². The summed E-state index contributed by atoms with van der Waals surface area (Å²) in [5.74, 6) is 0.452. The summed E-state index contributed by atoms with van der Waals surface area (Å²) < 4.78 is 1.73. The average Bonchev–Trinajstić information content (AvgIpc) is 2.83. The number of rotatable bonds is 4. The smallest absolute Gasteiger partial charge is 0.144 e. The minimum Gasteiger partial charge on any atom is -0.393 e. The summed E-state index contributed by atoms with van der Waals surface area (Å²) in [4.78, 5) is 6.27. The van der Waals surface area contributed by atoms with E-state index in [4.69, 9.17) is 5.73 Å². The van der Waals surface area contributed by atoms with E-state index in [1.165, 1.54) is 0 Å². The van der Waals surface area contributed by atoms with Gasteiger partial charge in [-0.15, -0.1) is 0 Å². The van der Waals surface area contributed by atoms with Crippen LogP contribution in [0.4, 0.5) is 0 Å². The lowest BCUT2D eigenvalue weighted by Gasteiger charge is -2.29. The second-order valence-electron chi connectivity index (χ2n) is 4.78. The Kier molecular flexibility index (Phi) is 4.34. The standard InChI is InChI=1S/C13H21N5O/c1-15-13(14)12-4-3-10(18(12)16-2)9-17-7-5-11(19)6-8-17/h3-4,11,19H,2,5-9H2,1H3,(H2,14,15).